The third kappa shape index (κ3) is 2.54. The molecule has 0 saturated carbocycles. The number of pyridine rings is 1. The molecule has 0 N–H and O–H groups in total. The lowest BCUT2D eigenvalue weighted by atomic mass is 9.93. The van der Waals surface area contributed by atoms with Crippen molar-refractivity contribution >= 4 is 11.6 Å². The number of imidazole rings is 1. The first-order chi connectivity index (χ1) is 11.7. The van der Waals surface area contributed by atoms with Gasteiger partial charge >= 0.3 is 0 Å². The largest absolute Gasteiger partial charge is 0.338 e. The fourth-order valence-corrected chi connectivity index (χ4v) is 3.48. The van der Waals surface area contributed by atoms with Crippen molar-refractivity contribution in [2.75, 3.05) is 13.1 Å². The topological polar surface area (TPSA) is 63.4 Å². The van der Waals surface area contributed by atoms with Gasteiger partial charge in [-0.05, 0) is 31.9 Å². The second-order valence-corrected chi connectivity index (χ2v) is 6.22. The van der Waals surface area contributed by atoms with Gasteiger partial charge in [-0.25, -0.2) is 15.0 Å². The Morgan fingerprint density at radius 2 is 2.21 bits per heavy atom. The summed E-state index contributed by atoms with van der Waals surface area (Å²) >= 11 is 0. The van der Waals surface area contributed by atoms with Gasteiger partial charge in [-0.2, -0.15) is 0 Å². The van der Waals surface area contributed by atoms with E-state index in [1.165, 1.54) is 12.0 Å². The molecule has 1 fully saturated rings. The maximum absolute atomic E-state index is 12.8. The highest BCUT2D eigenvalue weighted by Crippen LogP contribution is 2.28. The monoisotopic (exact) mass is 321 g/mol. The molecule has 122 valence electrons. The first-order valence-electron chi connectivity index (χ1n) is 8.22. The Morgan fingerprint density at radius 3 is 3.08 bits per heavy atom. The molecule has 3 aromatic heterocycles. The first-order valence-corrected chi connectivity index (χ1v) is 8.22. The van der Waals surface area contributed by atoms with Gasteiger partial charge in [0.15, 0.2) is 0 Å². The van der Waals surface area contributed by atoms with E-state index in [1.807, 2.05) is 36.4 Å². The quantitative estimate of drug-likeness (QED) is 0.727. The number of hydrogen-bond donors (Lipinski definition) is 0. The van der Waals surface area contributed by atoms with Crippen molar-refractivity contribution in [2.24, 2.45) is 0 Å². The van der Waals surface area contributed by atoms with Crippen LogP contribution in [0.5, 0.6) is 0 Å². The molecular formula is C18H19N5O. The minimum Gasteiger partial charge on any atom is -0.338 e. The van der Waals surface area contributed by atoms with E-state index in [1.54, 1.807) is 6.20 Å². The number of likely N-dealkylation sites (tertiary alicyclic amines) is 1. The number of nitrogens with zero attached hydrogens (tertiary/aromatic N) is 5. The summed E-state index contributed by atoms with van der Waals surface area (Å²) < 4.78 is 2.12. The number of fused-ring (bicyclic) bond motifs is 1. The number of amides is 1. The molecule has 0 spiro atoms. The van der Waals surface area contributed by atoms with Crippen LogP contribution in [0.2, 0.25) is 0 Å². The molecular weight excluding hydrogens is 302 g/mol. The van der Waals surface area contributed by atoms with E-state index in [0.29, 0.717) is 18.0 Å². The van der Waals surface area contributed by atoms with Crippen molar-refractivity contribution in [2.45, 2.75) is 25.7 Å². The summed E-state index contributed by atoms with van der Waals surface area (Å²) in [5.41, 5.74) is 3.49. The molecule has 6 nitrogen and oxygen atoms in total. The number of carbonyl (C=O) groups is 1. The molecule has 6 heteroatoms. The van der Waals surface area contributed by atoms with Crippen molar-refractivity contribution in [3.63, 3.8) is 0 Å². The Morgan fingerprint density at radius 1 is 1.29 bits per heavy atom. The number of hydrogen-bond acceptors (Lipinski definition) is 4. The van der Waals surface area contributed by atoms with Crippen molar-refractivity contribution in [1.82, 2.24) is 24.3 Å². The maximum atomic E-state index is 12.8. The van der Waals surface area contributed by atoms with Crippen LogP contribution in [0, 0.1) is 6.92 Å². The van der Waals surface area contributed by atoms with Crippen LogP contribution < -0.4 is 0 Å². The Bertz CT molecular complexity index is 888. The smallest absolute Gasteiger partial charge is 0.257 e. The summed E-state index contributed by atoms with van der Waals surface area (Å²) in [5, 5.41) is 0. The van der Waals surface area contributed by atoms with Gasteiger partial charge in [-0.1, -0.05) is 6.07 Å². The molecule has 1 atom stereocenters. The lowest BCUT2D eigenvalue weighted by Crippen LogP contribution is -2.39. The fraction of sp³-hybridized carbons (Fsp3) is 0.333. The third-order valence-electron chi connectivity index (χ3n) is 4.73. The molecule has 4 rings (SSSR count). The molecule has 0 unspecified atom stereocenters. The molecule has 0 radical (unpaired) electrons. The molecule has 1 aliphatic rings. The molecule has 3 aromatic rings. The minimum atomic E-state index is 0.0237. The Kier molecular flexibility index (Phi) is 3.72. The van der Waals surface area contributed by atoms with Crippen LogP contribution in [-0.2, 0) is 0 Å². The van der Waals surface area contributed by atoms with Crippen LogP contribution in [0.25, 0.3) is 5.65 Å². The highest BCUT2D eigenvalue weighted by atomic mass is 16.2. The molecule has 1 amide bonds. The highest BCUT2D eigenvalue weighted by molar-refractivity contribution is 5.95. The number of aryl methyl sites for hydroxylation is 1. The second-order valence-electron chi connectivity index (χ2n) is 6.22. The van der Waals surface area contributed by atoms with Gasteiger partial charge in [0.1, 0.15) is 12.0 Å². The Labute approximate surface area is 140 Å². The molecule has 0 bridgehead atoms. The standard InChI is InChI=1S/C18H19N5O/c1-13-15(10-19-12-21-13)18(24)22-8-3-4-14(11-22)16-5-2-6-17-20-7-9-23(16)17/h2,5-7,9-10,12,14H,3-4,8,11H2,1H3/t14-/m1/s1. The SMILES string of the molecule is Cc1ncncc1C(=O)N1CCC[C@@H](c2cccc3nccn23)C1. The van der Waals surface area contributed by atoms with Crippen molar-refractivity contribution < 1.29 is 4.79 Å². The highest BCUT2D eigenvalue weighted by Gasteiger charge is 2.27. The lowest BCUT2D eigenvalue weighted by molar-refractivity contribution is 0.0704. The van der Waals surface area contributed by atoms with E-state index in [-0.39, 0.29) is 5.91 Å². The van der Waals surface area contributed by atoms with Gasteiger partial charge in [-0.15, -0.1) is 0 Å². The van der Waals surface area contributed by atoms with Crippen LogP contribution in [0.1, 0.15) is 40.5 Å². The molecule has 0 aromatic carbocycles. The van der Waals surface area contributed by atoms with E-state index in [0.717, 1.165) is 30.7 Å². The van der Waals surface area contributed by atoms with E-state index in [9.17, 15) is 4.79 Å². The Balaban J connectivity index is 1.61. The molecule has 24 heavy (non-hydrogen) atoms. The van der Waals surface area contributed by atoms with Crippen LogP contribution in [0.15, 0.2) is 43.1 Å². The average Bonchev–Trinajstić information content (AvgIpc) is 3.10. The lowest BCUT2D eigenvalue weighted by Gasteiger charge is -2.33. The van der Waals surface area contributed by atoms with Crippen LogP contribution in [0.4, 0.5) is 0 Å². The maximum Gasteiger partial charge on any atom is 0.257 e. The van der Waals surface area contributed by atoms with Crippen molar-refractivity contribution in [3.8, 4) is 0 Å². The zero-order chi connectivity index (χ0) is 16.5. The first kappa shape index (κ1) is 14.8. The van der Waals surface area contributed by atoms with Crippen LogP contribution in [0.3, 0.4) is 0 Å². The summed E-state index contributed by atoms with van der Waals surface area (Å²) in [6.07, 6.45) is 8.96. The van der Waals surface area contributed by atoms with Gasteiger partial charge in [0.2, 0.25) is 0 Å². The van der Waals surface area contributed by atoms with E-state index in [2.05, 4.69) is 25.4 Å². The van der Waals surface area contributed by atoms with Crippen molar-refractivity contribution in [1.29, 1.82) is 0 Å². The van der Waals surface area contributed by atoms with E-state index < -0.39 is 0 Å². The number of piperidine rings is 1. The predicted octanol–water partition coefficient (Wildman–Crippen LogP) is 2.45. The number of rotatable bonds is 2. The molecule has 1 aliphatic heterocycles. The number of carbonyl (C=O) groups excluding carboxylic acids is 1. The van der Waals surface area contributed by atoms with Gasteiger partial charge in [0.05, 0.1) is 11.3 Å². The van der Waals surface area contributed by atoms with Gasteiger partial charge < -0.3 is 9.30 Å². The van der Waals surface area contributed by atoms with E-state index >= 15 is 0 Å². The third-order valence-corrected chi connectivity index (χ3v) is 4.73. The summed E-state index contributed by atoms with van der Waals surface area (Å²) in [5.74, 6) is 0.334. The molecule has 1 saturated heterocycles. The molecule has 0 aliphatic carbocycles. The van der Waals surface area contributed by atoms with Gasteiger partial charge in [0.25, 0.3) is 5.91 Å². The van der Waals surface area contributed by atoms with Gasteiger partial charge in [-0.3, -0.25) is 4.79 Å². The second kappa shape index (κ2) is 6.03. The van der Waals surface area contributed by atoms with Crippen molar-refractivity contribution in [3.05, 3.63) is 60.1 Å². The van der Waals surface area contributed by atoms with Crippen LogP contribution >= 0.6 is 0 Å². The summed E-state index contributed by atoms with van der Waals surface area (Å²) in [7, 11) is 0. The fourth-order valence-electron chi connectivity index (χ4n) is 3.48. The normalized spacial score (nSPS) is 18.0. The average molecular weight is 321 g/mol. The minimum absolute atomic E-state index is 0.0237. The summed E-state index contributed by atoms with van der Waals surface area (Å²) in [6.45, 7) is 3.34. The van der Waals surface area contributed by atoms with Gasteiger partial charge in [0, 0.05) is 43.3 Å². The van der Waals surface area contributed by atoms with Crippen LogP contribution in [-0.4, -0.2) is 43.2 Å². The Hall–Kier alpha value is -2.76. The van der Waals surface area contributed by atoms with E-state index in [4.69, 9.17) is 0 Å². The molecule has 4 heterocycles. The summed E-state index contributed by atoms with van der Waals surface area (Å²) in [4.78, 5) is 27.3. The zero-order valence-corrected chi connectivity index (χ0v) is 13.6. The summed E-state index contributed by atoms with van der Waals surface area (Å²) in [6, 6.07) is 6.16. The zero-order valence-electron chi connectivity index (χ0n) is 13.6. The predicted molar refractivity (Wildman–Crippen MR) is 89.8 cm³/mol. The number of aromatic nitrogens is 4.